The van der Waals surface area contributed by atoms with Crippen LogP contribution in [0.3, 0.4) is 0 Å². The van der Waals surface area contributed by atoms with Gasteiger partial charge < -0.3 is 4.57 Å². The number of thiophene rings is 2. The van der Waals surface area contributed by atoms with E-state index in [9.17, 15) is 10.5 Å². The SMILES string of the molecule is Cc1cc(C=Nc2sc3c(c2C#N)CC[C@H](C(C)(C)C)C3)c(C)n1-c1sc2c(c1C#N)CCCC2. The Kier molecular flexibility index (Phi) is 6.24. The molecule has 3 aromatic rings. The van der Waals surface area contributed by atoms with E-state index in [4.69, 9.17) is 4.99 Å². The summed E-state index contributed by atoms with van der Waals surface area (Å²) in [5, 5.41) is 21.8. The van der Waals surface area contributed by atoms with Gasteiger partial charge in [0.15, 0.2) is 0 Å². The molecule has 3 heterocycles. The molecule has 0 N–H and O–H groups in total. The number of aromatic nitrogens is 1. The van der Waals surface area contributed by atoms with Crippen LogP contribution in [0.2, 0.25) is 0 Å². The molecule has 0 radical (unpaired) electrons. The Balaban J connectivity index is 1.49. The van der Waals surface area contributed by atoms with Gasteiger partial charge in [0.05, 0.1) is 11.1 Å². The first-order valence-electron chi connectivity index (χ1n) is 12.6. The van der Waals surface area contributed by atoms with Crippen LogP contribution in [0, 0.1) is 47.8 Å². The first-order chi connectivity index (χ1) is 16.7. The van der Waals surface area contributed by atoms with E-state index in [0.29, 0.717) is 5.92 Å². The lowest BCUT2D eigenvalue weighted by Crippen LogP contribution is -2.26. The minimum absolute atomic E-state index is 0.277. The number of aliphatic imine (C=N–C) groups is 1. The number of hydrogen-bond donors (Lipinski definition) is 0. The Morgan fingerprint density at radius 3 is 2.43 bits per heavy atom. The van der Waals surface area contributed by atoms with Crippen LogP contribution in [-0.2, 0) is 25.7 Å². The summed E-state index contributed by atoms with van der Waals surface area (Å²) in [4.78, 5) is 7.57. The number of aryl methyl sites for hydroxylation is 2. The molecular formula is C29H32N4S2. The van der Waals surface area contributed by atoms with Gasteiger partial charge in [-0.15, -0.1) is 22.7 Å². The number of rotatable bonds is 3. The van der Waals surface area contributed by atoms with Crippen LogP contribution >= 0.6 is 22.7 Å². The minimum atomic E-state index is 0.277. The Morgan fingerprint density at radius 1 is 1.00 bits per heavy atom. The van der Waals surface area contributed by atoms with Crippen LogP contribution in [0.5, 0.6) is 0 Å². The molecule has 0 fully saturated rings. The molecular weight excluding hydrogens is 468 g/mol. The number of nitriles is 2. The second-order valence-corrected chi connectivity index (χ2v) is 13.2. The third-order valence-electron chi connectivity index (χ3n) is 7.84. The largest absolute Gasteiger partial charge is 0.308 e. The van der Waals surface area contributed by atoms with E-state index < -0.39 is 0 Å². The van der Waals surface area contributed by atoms with E-state index in [2.05, 4.69) is 57.4 Å². The van der Waals surface area contributed by atoms with Gasteiger partial charge in [0.2, 0.25) is 0 Å². The molecule has 0 unspecified atom stereocenters. The topological polar surface area (TPSA) is 64.9 Å². The van der Waals surface area contributed by atoms with Crippen molar-refractivity contribution in [2.24, 2.45) is 16.3 Å². The van der Waals surface area contributed by atoms with Crippen molar-refractivity contribution in [3.63, 3.8) is 0 Å². The Hall–Kier alpha value is -2.67. The van der Waals surface area contributed by atoms with Crippen molar-refractivity contribution in [1.82, 2.24) is 4.57 Å². The van der Waals surface area contributed by atoms with Crippen molar-refractivity contribution in [2.75, 3.05) is 0 Å². The van der Waals surface area contributed by atoms with Gasteiger partial charge in [-0.1, -0.05) is 20.8 Å². The first kappa shape index (κ1) is 24.0. The van der Waals surface area contributed by atoms with Gasteiger partial charge in [-0.25, -0.2) is 4.99 Å². The van der Waals surface area contributed by atoms with Crippen molar-refractivity contribution in [3.8, 4) is 17.1 Å². The molecule has 2 aliphatic rings. The van der Waals surface area contributed by atoms with Crippen LogP contribution in [-0.4, -0.2) is 10.8 Å². The molecule has 0 amide bonds. The van der Waals surface area contributed by atoms with E-state index >= 15 is 0 Å². The number of hydrogen-bond acceptors (Lipinski definition) is 5. The molecule has 180 valence electrons. The summed E-state index contributed by atoms with van der Waals surface area (Å²) in [5.74, 6) is 0.641. The maximum atomic E-state index is 9.96. The smallest absolute Gasteiger partial charge is 0.134 e. The second-order valence-electron chi connectivity index (χ2n) is 11.0. The van der Waals surface area contributed by atoms with Crippen molar-refractivity contribution in [3.05, 3.63) is 55.0 Å². The van der Waals surface area contributed by atoms with Crippen LogP contribution in [0.15, 0.2) is 11.1 Å². The van der Waals surface area contributed by atoms with Crippen molar-refractivity contribution in [1.29, 1.82) is 10.5 Å². The average Bonchev–Trinajstić information content (AvgIpc) is 3.46. The highest BCUT2D eigenvalue weighted by atomic mass is 32.1. The first-order valence-corrected chi connectivity index (χ1v) is 14.2. The molecule has 3 aromatic heterocycles. The molecule has 1 atom stereocenters. The molecule has 2 aliphatic carbocycles. The van der Waals surface area contributed by atoms with Gasteiger partial charge in [-0.05, 0) is 87.3 Å². The highest BCUT2D eigenvalue weighted by Gasteiger charge is 2.32. The fourth-order valence-corrected chi connectivity index (χ4v) is 8.37. The zero-order chi connectivity index (χ0) is 24.9. The normalized spacial score (nSPS) is 17.7. The Bertz CT molecular complexity index is 1410. The van der Waals surface area contributed by atoms with Gasteiger partial charge in [-0.3, -0.25) is 0 Å². The lowest BCUT2D eigenvalue weighted by molar-refractivity contribution is 0.218. The predicted molar refractivity (Wildman–Crippen MR) is 146 cm³/mol. The van der Waals surface area contributed by atoms with Gasteiger partial charge in [0.25, 0.3) is 0 Å². The fourth-order valence-electron chi connectivity index (χ4n) is 5.70. The van der Waals surface area contributed by atoms with Crippen LogP contribution in [0.4, 0.5) is 5.00 Å². The monoisotopic (exact) mass is 500 g/mol. The highest BCUT2D eigenvalue weighted by Crippen LogP contribution is 2.45. The summed E-state index contributed by atoms with van der Waals surface area (Å²) < 4.78 is 2.22. The summed E-state index contributed by atoms with van der Waals surface area (Å²) in [6.07, 6.45) is 9.54. The molecule has 0 aliphatic heterocycles. The van der Waals surface area contributed by atoms with Crippen LogP contribution in [0.25, 0.3) is 5.00 Å². The maximum Gasteiger partial charge on any atom is 0.134 e. The Labute approximate surface area is 216 Å². The summed E-state index contributed by atoms with van der Waals surface area (Å²) in [6.45, 7) is 11.2. The van der Waals surface area contributed by atoms with Crippen LogP contribution in [0.1, 0.15) is 89.0 Å². The molecule has 5 rings (SSSR count). The summed E-state index contributed by atoms with van der Waals surface area (Å²) in [6, 6.07) is 7.10. The van der Waals surface area contributed by atoms with E-state index in [1.807, 2.05) is 6.21 Å². The van der Waals surface area contributed by atoms with E-state index in [-0.39, 0.29) is 5.41 Å². The third-order valence-corrected chi connectivity index (χ3v) is 10.3. The molecule has 0 spiro atoms. The minimum Gasteiger partial charge on any atom is -0.308 e. The molecule has 0 saturated carbocycles. The van der Waals surface area contributed by atoms with E-state index in [1.54, 1.807) is 22.7 Å². The van der Waals surface area contributed by atoms with Gasteiger partial charge >= 0.3 is 0 Å². The molecule has 4 nitrogen and oxygen atoms in total. The van der Waals surface area contributed by atoms with E-state index in [1.165, 1.54) is 33.7 Å². The quantitative estimate of drug-likeness (QED) is 0.345. The summed E-state index contributed by atoms with van der Waals surface area (Å²) >= 11 is 3.47. The average molecular weight is 501 g/mol. The van der Waals surface area contributed by atoms with Crippen molar-refractivity contribution < 1.29 is 0 Å². The van der Waals surface area contributed by atoms with Gasteiger partial charge in [0, 0.05) is 32.9 Å². The Morgan fingerprint density at radius 2 is 1.71 bits per heavy atom. The maximum absolute atomic E-state index is 9.96. The highest BCUT2D eigenvalue weighted by molar-refractivity contribution is 7.16. The van der Waals surface area contributed by atoms with Crippen molar-refractivity contribution in [2.45, 2.75) is 79.6 Å². The molecule has 6 heteroatoms. The lowest BCUT2D eigenvalue weighted by Gasteiger charge is -2.33. The van der Waals surface area contributed by atoms with Gasteiger partial charge in [-0.2, -0.15) is 10.5 Å². The lowest BCUT2D eigenvalue weighted by atomic mass is 9.72. The zero-order valence-electron chi connectivity index (χ0n) is 21.3. The standard InChI is InChI=1S/C29H32N4S2/c1-17-12-19(18(2)33(17)28-24(15-31)21-8-6-7-9-25(21)35-28)16-32-27-23(14-30)22-11-10-20(29(3,4)5)13-26(22)34-27/h12,16,20H,6-11,13H2,1-5H3/t20-/m0/s1. The van der Waals surface area contributed by atoms with E-state index in [0.717, 1.165) is 70.2 Å². The van der Waals surface area contributed by atoms with Gasteiger partial charge in [0.1, 0.15) is 22.1 Å². The second kappa shape index (κ2) is 9.08. The molecule has 0 bridgehead atoms. The summed E-state index contributed by atoms with van der Waals surface area (Å²) in [5.41, 5.74) is 7.61. The van der Waals surface area contributed by atoms with Crippen LogP contribution < -0.4 is 0 Å². The fraction of sp³-hybridized carbons (Fsp3) is 0.483. The predicted octanol–water partition coefficient (Wildman–Crippen LogP) is 7.74. The molecule has 35 heavy (non-hydrogen) atoms. The number of nitrogens with zero attached hydrogens (tertiary/aromatic N) is 4. The summed E-state index contributed by atoms with van der Waals surface area (Å²) in [7, 11) is 0. The third kappa shape index (κ3) is 4.18. The molecule has 0 aromatic carbocycles. The van der Waals surface area contributed by atoms with Crippen molar-refractivity contribution >= 4 is 33.9 Å². The number of fused-ring (bicyclic) bond motifs is 2. The molecule has 0 saturated heterocycles. The zero-order valence-corrected chi connectivity index (χ0v) is 22.9.